The van der Waals surface area contributed by atoms with E-state index in [9.17, 15) is 9.18 Å². The van der Waals surface area contributed by atoms with Crippen LogP contribution in [0.4, 0.5) is 4.39 Å². The molecule has 27 heavy (non-hydrogen) atoms. The van der Waals surface area contributed by atoms with E-state index in [0.717, 1.165) is 16.9 Å². The normalized spacial score (nSPS) is 15.4. The van der Waals surface area contributed by atoms with Crippen LogP contribution in [-0.4, -0.2) is 39.3 Å². The number of methoxy groups -OCH3 is 1. The van der Waals surface area contributed by atoms with Crippen molar-refractivity contribution in [1.29, 1.82) is 0 Å². The minimum absolute atomic E-state index is 0.00704. The maximum absolute atomic E-state index is 14.5. The van der Waals surface area contributed by atoms with Gasteiger partial charge in [0.05, 0.1) is 18.4 Å². The molecule has 0 fully saturated rings. The highest BCUT2D eigenvalue weighted by molar-refractivity contribution is 5.95. The van der Waals surface area contributed by atoms with Crippen LogP contribution < -0.4 is 10.1 Å². The number of carbonyl (C=O) groups excluding carboxylic acids is 1. The maximum Gasteiger partial charge on any atom is 0.254 e. The number of rotatable bonds is 4. The van der Waals surface area contributed by atoms with Gasteiger partial charge in [-0.15, -0.1) is 5.10 Å². The van der Waals surface area contributed by atoms with Gasteiger partial charge >= 0.3 is 0 Å². The number of tetrazole rings is 1. The number of ether oxygens (including phenoxy) is 1. The van der Waals surface area contributed by atoms with Crippen LogP contribution >= 0.6 is 0 Å². The van der Waals surface area contributed by atoms with Crippen molar-refractivity contribution in [2.45, 2.75) is 25.8 Å². The number of hydrogen-bond acceptors (Lipinski definition) is 5. The molecular weight excluding hydrogens is 349 g/mol. The molecule has 138 valence electrons. The smallest absolute Gasteiger partial charge is 0.254 e. The lowest BCUT2D eigenvalue weighted by Crippen LogP contribution is -2.35. The SMILES string of the molecule is COc1cccc2c1CC(NC(=O)c1ccc(-n3nnnc3C)cc1F)C2. The second-order valence-electron chi connectivity index (χ2n) is 6.48. The fourth-order valence-electron chi connectivity index (χ4n) is 3.46. The van der Waals surface area contributed by atoms with E-state index in [4.69, 9.17) is 4.74 Å². The fourth-order valence-corrected chi connectivity index (χ4v) is 3.46. The lowest BCUT2D eigenvalue weighted by molar-refractivity contribution is 0.0934. The van der Waals surface area contributed by atoms with Crippen LogP contribution in [0.2, 0.25) is 0 Å². The number of nitrogens with one attached hydrogen (secondary N) is 1. The number of aromatic nitrogens is 4. The van der Waals surface area contributed by atoms with Crippen molar-refractivity contribution in [3.8, 4) is 11.4 Å². The van der Waals surface area contributed by atoms with Crippen molar-refractivity contribution in [3.63, 3.8) is 0 Å². The van der Waals surface area contributed by atoms with Crippen LogP contribution in [-0.2, 0) is 12.8 Å². The van der Waals surface area contributed by atoms with E-state index in [-0.39, 0.29) is 11.6 Å². The van der Waals surface area contributed by atoms with Crippen LogP contribution in [0.25, 0.3) is 5.69 Å². The molecule has 1 N–H and O–H groups in total. The Morgan fingerprint density at radius 3 is 2.85 bits per heavy atom. The first-order chi connectivity index (χ1) is 13.1. The minimum Gasteiger partial charge on any atom is -0.496 e. The predicted molar refractivity (Wildman–Crippen MR) is 95.5 cm³/mol. The van der Waals surface area contributed by atoms with Crippen molar-refractivity contribution < 1.29 is 13.9 Å². The summed E-state index contributed by atoms with van der Waals surface area (Å²) in [4.78, 5) is 12.6. The summed E-state index contributed by atoms with van der Waals surface area (Å²) >= 11 is 0. The maximum atomic E-state index is 14.5. The third-order valence-corrected chi connectivity index (χ3v) is 4.77. The molecule has 2 aromatic carbocycles. The molecule has 7 nitrogen and oxygen atoms in total. The first kappa shape index (κ1) is 17.1. The van der Waals surface area contributed by atoms with Crippen molar-refractivity contribution in [2.24, 2.45) is 0 Å². The van der Waals surface area contributed by atoms with Crippen molar-refractivity contribution in [1.82, 2.24) is 25.5 Å². The number of nitrogens with zero attached hydrogens (tertiary/aromatic N) is 4. The fraction of sp³-hybridized carbons (Fsp3) is 0.263. The molecule has 1 unspecified atom stereocenters. The number of benzene rings is 2. The van der Waals surface area contributed by atoms with Gasteiger partial charge in [-0.05, 0) is 59.5 Å². The second-order valence-corrected chi connectivity index (χ2v) is 6.48. The van der Waals surface area contributed by atoms with Gasteiger partial charge in [0, 0.05) is 12.1 Å². The van der Waals surface area contributed by atoms with E-state index in [1.54, 1.807) is 20.1 Å². The van der Waals surface area contributed by atoms with Crippen LogP contribution in [0.1, 0.15) is 27.3 Å². The quantitative estimate of drug-likeness (QED) is 0.763. The van der Waals surface area contributed by atoms with E-state index in [2.05, 4.69) is 20.8 Å². The van der Waals surface area contributed by atoms with Gasteiger partial charge in [-0.25, -0.2) is 4.39 Å². The molecule has 1 aliphatic rings. The summed E-state index contributed by atoms with van der Waals surface area (Å²) in [6.07, 6.45) is 1.36. The number of carbonyl (C=O) groups is 1. The van der Waals surface area contributed by atoms with Crippen molar-refractivity contribution in [2.75, 3.05) is 7.11 Å². The van der Waals surface area contributed by atoms with Crippen LogP contribution in [0, 0.1) is 12.7 Å². The highest BCUT2D eigenvalue weighted by Crippen LogP contribution is 2.30. The van der Waals surface area contributed by atoms with E-state index in [0.29, 0.717) is 24.4 Å². The Morgan fingerprint density at radius 2 is 2.15 bits per heavy atom. The lowest BCUT2D eigenvalue weighted by atomic mass is 10.1. The van der Waals surface area contributed by atoms with Gasteiger partial charge in [0.1, 0.15) is 11.6 Å². The summed E-state index contributed by atoms with van der Waals surface area (Å²) < 4.78 is 21.3. The van der Waals surface area contributed by atoms with Crippen LogP contribution in [0.3, 0.4) is 0 Å². The summed E-state index contributed by atoms with van der Waals surface area (Å²) in [5, 5.41) is 14.0. The summed E-state index contributed by atoms with van der Waals surface area (Å²) in [5.41, 5.74) is 2.69. The Labute approximate surface area is 155 Å². The molecule has 1 aliphatic carbocycles. The Kier molecular flexibility index (Phi) is 4.31. The highest BCUT2D eigenvalue weighted by Gasteiger charge is 2.26. The Morgan fingerprint density at radius 1 is 1.30 bits per heavy atom. The monoisotopic (exact) mass is 367 g/mol. The molecule has 1 heterocycles. The molecule has 0 bridgehead atoms. The molecule has 0 saturated heterocycles. The number of halogens is 1. The number of fused-ring (bicyclic) bond motifs is 1. The summed E-state index contributed by atoms with van der Waals surface area (Å²) in [7, 11) is 1.63. The zero-order chi connectivity index (χ0) is 19.0. The Hall–Kier alpha value is -3.29. The van der Waals surface area contributed by atoms with Gasteiger partial charge in [0.25, 0.3) is 5.91 Å². The van der Waals surface area contributed by atoms with Crippen molar-refractivity contribution >= 4 is 5.91 Å². The van der Waals surface area contributed by atoms with E-state index >= 15 is 0 Å². The van der Waals surface area contributed by atoms with Gasteiger partial charge in [0.2, 0.25) is 0 Å². The zero-order valence-electron chi connectivity index (χ0n) is 14.9. The minimum atomic E-state index is -0.618. The number of aryl methyl sites for hydroxylation is 1. The first-order valence-corrected chi connectivity index (χ1v) is 8.57. The summed E-state index contributed by atoms with van der Waals surface area (Å²) in [6, 6.07) is 10.1. The molecule has 1 amide bonds. The van der Waals surface area contributed by atoms with Crippen LogP contribution in [0.5, 0.6) is 5.75 Å². The van der Waals surface area contributed by atoms with Gasteiger partial charge in [0.15, 0.2) is 5.82 Å². The van der Waals surface area contributed by atoms with E-state index < -0.39 is 11.7 Å². The second kappa shape index (κ2) is 6.79. The highest BCUT2D eigenvalue weighted by atomic mass is 19.1. The molecule has 0 spiro atoms. The molecule has 1 aromatic heterocycles. The summed E-state index contributed by atoms with van der Waals surface area (Å²) in [6.45, 7) is 1.71. The van der Waals surface area contributed by atoms with Gasteiger partial charge in [-0.2, -0.15) is 4.68 Å². The zero-order valence-corrected chi connectivity index (χ0v) is 14.9. The average Bonchev–Trinajstić information content (AvgIpc) is 3.26. The van der Waals surface area contributed by atoms with E-state index in [1.165, 1.54) is 16.8 Å². The van der Waals surface area contributed by atoms with Crippen LogP contribution in [0.15, 0.2) is 36.4 Å². The summed E-state index contributed by atoms with van der Waals surface area (Å²) in [5.74, 6) is 0.290. The van der Waals surface area contributed by atoms with Crippen molar-refractivity contribution in [3.05, 3.63) is 64.7 Å². The van der Waals surface area contributed by atoms with E-state index in [1.807, 2.05) is 18.2 Å². The predicted octanol–water partition coefficient (Wildman–Crippen LogP) is 2.02. The van der Waals surface area contributed by atoms with Gasteiger partial charge in [-0.3, -0.25) is 4.79 Å². The number of amides is 1. The molecule has 3 aromatic rings. The molecule has 8 heteroatoms. The molecule has 0 saturated carbocycles. The molecule has 4 rings (SSSR count). The Balaban J connectivity index is 1.50. The Bertz CT molecular complexity index is 1020. The third-order valence-electron chi connectivity index (χ3n) is 4.77. The standard InChI is InChI=1S/C19H18FN5O2/c1-11-22-23-24-25(11)14-6-7-15(17(20)10-14)19(26)21-13-8-12-4-3-5-18(27-2)16(12)9-13/h3-7,10,13H,8-9H2,1-2H3,(H,21,26). The largest absolute Gasteiger partial charge is 0.496 e. The number of hydrogen-bond donors (Lipinski definition) is 1. The molecule has 0 aliphatic heterocycles. The average molecular weight is 367 g/mol. The molecular formula is C19H18FN5O2. The van der Waals surface area contributed by atoms with Gasteiger partial charge < -0.3 is 10.1 Å². The third kappa shape index (κ3) is 3.14. The molecule has 0 radical (unpaired) electrons. The lowest BCUT2D eigenvalue weighted by Gasteiger charge is -2.13. The topological polar surface area (TPSA) is 81.9 Å². The molecule has 1 atom stereocenters. The van der Waals surface area contributed by atoms with Gasteiger partial charge in [-0.1, -0.05) is 12.1 Å². The first-order valence-electron chi connectivity index (χ1n) is 8.57.